The molecule has 0 saturated carbocycles. The van der Waals surface area contributed by atoms with Crippen molar-refractivity contribution in [2.45, 2.75) is 13.8 Å². The average molecular weight is 275 g/mol. The molecule has 0 unspecified atom stereocenters. The van der Waals surface area contributed by atoms with Crippen molar-refractivity contribution in [3.63, 3.8) is 0 Å². The van der Waals surface area contributed by atoms with Crippen LogP contribution in [-0.4, -0.2) is 29.8 Å². The molecule has 20 heavy (non-hydrogen) atoms. The first kappa shape index (κ1) is 14.0. The van der Waals surface area contributed by atoms with Gasteiger partial charge in [-0.1, -0.05) is 0 Å². The van der Waals surface area contributed by atoms with E-state index in [4.69, 9.17) is 9.47 Å². The Morgan fingerprint density at radius 3 is 2.50 bits per heavy atom. The van der Waals surface area contributed by atoms with E-state index in [1.807, 2.05) is 24.3 Å². The number of aromatic nitrogens is 1. The van der Waals surface area contributed by atoms with Gasteiger partial charge in [0.15, 0.2) is 11.4 Å². The Bertz CT molecular complexity index is 614. The number of esters is 1. The predicted octanol–water partition coefficient (Wildman–Crippen LogP) is 2.88. The molecule has 0 spiro atoms. The standard InChI is InChI=1S/C15H17NO4/c1-4-20-15(18)13-14(17)9(2)12(16-13)10-5-7-11(19-3)8-6-10/h5-8,16-17H,4H2,1-3H3. The zero-order valence-electron chi connectivity index (χ0n) is 11.7. The van der Waals surface area contributed by atoms with Crippen molar-refractivity contribution in [2.24, 2.45) is 0 Å². The number of methoxy groups -OCH3 is 1. The molecule has 1 aromatic carbocycles. The quantitative estimate of drug-likeness (QED) is 0.842. The molecule has 0 aliphatic heterocycles. The molecule has 5 heteroatoms. The van der Waals surface area contributed by atoms with E-state index in [2.05, 4.69) is 4.98 Å². The Balaban J connectivity index is 2.41. The lowest BCUT2D eigenvalue weighted by molar-refractivity contribution is 0.0517. The fourth-order valence-corrected chi connectivity index (χ4v) is 1.98. The number of hydrogen-bond acceptors (Lipinski definition) is 4. The maximum atomic E-state index is 11.7. The van der Waals surface area contributed by atoms with Gasteiger partial charge in [-0.2, -0.15) is 0 Å². The highest BCUT2D eigenvalue weighted by atomic mass is 16.5. The van der Waals surface area contributed by atoms with Crippen molar-refractivity contribution in [1.29, 1.82) is 0 Å². The van der Waals surface area contributed by atoms with Crippen LogP contribution in [0, 0.1) is 6.92 Å². The molecular formula is C15H17NO4. The van der Waals surface area contributed by atoms with E-state index in [1.54, 1.807) is 21.0 Å². The molecule has 2 aromatic rings. The summed E-state index contributed by atoms with van der Waals surface area (Å²) in [6.45, 7) is 3.72. The van der Waals surface area contributed by atoms with Crippen LogP contribution in [-0.2, 0) is 4.74 Å². The van der Waals surface area contributed by atoms with Crippen LogP contribution in [0.15, 0.2) is 24.3 Å². The van der Waals surface area contributed by atoms with Crippen LogP contribution in [0.25, 0.3) is 11.3 Å². The second kappa shape index (κ2) is 5.69. The van der Waals surface area contributed by atoms with Crippen LogP contribution >= 0.6 is 0 Å². The summed E-state index contributed by atoms with van der Waals surface area (Å²) in [5.74, 6) is 0.106. The van der Waals surface area contributed by atoms with Gasteiger partial charge in [0.1, 0.15) is 5.75 Å². The van der Waals surface area contributed by atoms with Gasteiger partial charge in [-0.25, -0.2) is 4.79 Å². The number of aromatic hydroxyl groups is 1. The first-order chi connectivity index (χ1) is 9.58. The average Bonchev–Trinajstić information content (AvgIpc) is 2.76. The van der Waals surface area contributed by atoms with Crippen molar-refractivity contribution in [2.75, 3.05) is 13.7 Å². The molecule has 0 aliphatic carbocycles. The molecule has 0 aliphatic rings. The zero-order chi connectivity index (χ0) is 14.7. The first-order valence-electron chi connectivity index (χ1n) is 6.31. The van der Waals surface area contributed by atoms with Crippen LogP contribution < -0.4 is 4.74 Å². The number of ether oxygens (including phenoxy) is 2. The van der Waals surface area contributed by atoms with E-state index in [9.17, 15) is 9.90 Å². The van der Waals surface area contributed by atoms with Gasteiger partial charge in [0, 0.05) is 5.56 Å². The lowest BCUT2D eigenvalue weighted by Crippen LogP contribution is -2.05. The summed E-state index contributed by atoms with van der Waals surface area (Å²) >= 11 is 0. The van der Waals surface area contributed by atoms with Gasteiger partial charge >= 0.3 is 5.97 Å². The van der Waals surface area contributed by atoms with Crippen LogP contribution in [0.2, 0.25) is 0 Å². The Morgan fingerprint density at radius 1 is 1.30 bits per heavy atom. The summed E-state index contributed by atoms with van der Waals surface area (Å²) in [6.07, 6.45) is 0. The molecule has 0 amide bonds. The highest BCUT2D eigenvalue weighted by molar-refractivity contribution is 5.93. The van der Waals surface area contributed by atoms with Crippen molar-refractivity contribution in [3.8, 4) is 22.8 Å². The van der Waals surface area contributed by atoms with Crippen molar-refractivity contribution < 1.29 is 19.4 Å². The van der Waals surface area contributed by atoms with Crippen LogP contribution in [0.5, 0.6) is 11.5 Å². The topological polar surface area (TPSA) is 71.6 Å². The number of benzene rings is 1. The highest BCUT2D eigenvalue weighted by Crippen LogP contribution is 2.33. The SMILES string of the molecule is CCOC(=O)c1[nH]c(-c2ccc(OC)cc2)c(C)c1O. The Morgan fingerprint density at radius 2 is 1.95 bits per heavy atom. The summed E-state index contributed by atoms with van der Waals surface area (Å²) in [5.41, 5.74) is 2.23. The van der Waals surface area contributed by atoms with Gasteiger partial charge < -0.3 is 19.6 Å². The van der Waals surface area contributed by atoms with E-state index in [0.717, 1.165) is 11.3 Å². The monoisotopic (exact) mass is 275 g/mol. The fourth-order valence-electron chi connectivity index (χ4n) is 1.98. The van der Waals surface area contributed by atoms with Crippen LogP contribution in [0.4, 0.5) is 0 Å². The lowest BCUT2D eigenvalue weighted by atomic mass is 10.1. The summed E-state index contributed by atoms with van der Waals surface area (Å²) in [5, 5.41) is 10.0. The van der Waals surface area contributed by atoms with Gasteiger partial charge in [0.05, 0.1) is 19.4 Å². The number of nitrogens with one attached hydrogen (secondary N) is 1. The fraction of sp³-hybridized carbons (Fsp3) is 0.267. The molecule has 0 atom stereocenters. The van der Waals surface area contributed by atoms with Gasteiger partial charge in [0.25, 0.3) is 0 Å². The molecule has 106 valence electrons. The molecule has 1 heterocycles. The van der Waals surface area contributed by atoms with E-state index in [1.165, 1.54) is 0 Å². The minimum absolute atomic E-state index is 0.0748. The minimum Gasteiger partial charge on any atom is -0.505 e. The van der Waals surface area contributed by atoms with E-state index < -0.39 is 5.97 Å². The minimum atomic E-state index is -0.562. The Hall–Kier alpha value is -2.43. The molecular weight excluding hydrogens is 258 g/mol. The van der Waals surface area contributed by atoms with Crippen molar-refractivity contribution in [1.82, 2.24) is 4.98 Å². The molecule has 0 bridgehead atoms. The number of carbonyl (C=O) groups excluding carboxylic acids is 1. The lowest BCUT2D eigenvalue weighted by Gasteiger charge is -2.03. The zero-order valence-corrected chi connectivity index (χ0v) is 11.7. The predicted molar refractivity (Wildman–Crippen MR) is 75.1 cm³/mol. The maximum absolute atomic E-state index is 11.7. The summed E-state index contributed by atoms with van der Waals surface area (Å²) in [6, 6.07) is 7.34. The molecule has 2 N–H and O–H groups in total. The van der Waals surface area contributed by atoms with E-state index >= 15 is 0 Å². The molecule has 0 fully saturated rings. The number of aromatic amines is 1. The number of hydrogen-bond donors (Lipinski definition) is 2. The van der Waals surface area contributed by atoms with Gasteiger partial charge in [-0.3, -0.25) is 0 Å². The van der Waals surface area contributed by atoms with Gasteiger partial charge in [-0.05, 0) is 43.7 Å². The van der Waals surface area contributed by atoms with Gasteiger partial charge in [0.2, 0.25) is 0 Å². The number of carbonyl (C=O) groups is 1. The molecule has 0 radical (unpaired) electrons. The molecule has 0 saturated heterocycles. The highest BCUT2D eigenvalue weighted by Gasteiger charge is 2.20. The third kappa shape index (κ3) is 2.47. The summed E-state index contributed by atoms with van der Waals surface area (Å²) in [4.78, 5) is 14.7. The largest absolute Gasteiger partial charge is 0.505 e. The maximum Gasteiger partial charge on any atom is 0.358 e. The summed E-state index contributed by atoms with van der Waals surface area (Å²) in [7, 11) is 1.60. The molecule has 5 nitrogen and oxygen atoms in total. The van der Waals surface area contributed by atoms with E-state index in [0.29, 0.717) is 11.3 Å². The number of H-pyrrole nitrogens is 1. The van der Waals surface area contributed by atoms with Gasteiger partial charge in [-0.15, -0.1) is 0 Å². The summed E-state index contributed by atoms with van der Waals surface area (Å²) < 4.78 is 10.00. The number of rotatable bonds is 4. The molecule has 1 aromatic heterocycles. The Labute approximate surface area is 117 Å². The third-order valence-electron chi connectivity index (χ3n) is 3.08. The van der Waals surface area contributed by atoms with Crippen LogP contribution in [0.1, 0.15) is 23.0 Å². The second-order valence-corrected chi connectivity index (χ2v) is 4.30. The van der Waals surface area contributed by atoms with Crippen molar-refractivity contribution in [3.05, 3.63) is 35.5 Å². The normalized spacial score (nSPS) is 10.3. The van der Waals surface area contributed by atoms with Crippen LogP contribution in [0.3, 0.4) is 0 Å². The van der Waals surface area contributed by atoms with E-state index in [-0.39, 0.29) is 18.1 Å². The second-order valence-electron chi connectivity index (χ2n) is 4.30. The van der Waals surface area contributed by atoms with Crippen molar-refractivity contribution >= 4 is 5.97 Å². The molecule has 2 rings (SSSR count). The Kier molecular flexibility index (Phi) is 3.98. The smallest absolute Gasteiger partial charge is 0.358 e. The third-order valence-corrected chi connectivity index (χ3v) is 3.08. The first-order valence-corrected chi connectivity index (χ1v) is 6.31.